The van der Waals surface area contributed by atoms with Crippen LogP contribution in [-0.4, -0.2) is 22.4 Å². The Morgan fingerprint density at radius 3 is 2.81 bits per heavy atom. The summed E-state index contributed by atoms with van der Waals surface area (Å²) in [6.07, 6.45) is 3.88. The van der Waals surface area contributed by atoms with Gasteiger partial charge in [-0.3, -0.25) is 9.78 Å². The minimum atomic E-state index is -0.648. The highest BCUT2D eigenvalue weighted by atomic mass is 19.1. The van der Waals surface area contributed by atoms with Crippen LogP contribution in [-0.2, 0) is 0 Å². The minimum Gasteiger partial charge on any atom is -0.368 e. The van der Waals surface area contributed by atoms with E-state index in [2.05, 4.69) is 20.6 Å². The summed E-state index contributed by atoms with van der Waals surface area (Å²) in [6.45, 7) is 4.33. The van der Waals surface area contributed by atoms with Gasteiger partial charge in [-0.2, -0.15) is 0 Å². The number of nitrogens with one attached hydrogen (secondary N) is 2. The van der Waals surface area contributed by atoms with Crippen molar-refractivity contribution in [1.82, 2.24) is 9.97 Å². The largest absolute Gasteiger partial charge is 0.368 e. The van der Waals surface area contributed by atoms with Crippen LogP contribution < -0.4 is 10.6 Å². The molecule has 1 amide bonds. The number of carbonyl (C=O) groups excluding carboxylic acids is 1. The van der Waals surface area contributed by atoms with Gasteiger partial charge >= 0.3 is 0 Å². The molecule has 2 N–H and O–H groups in total. The quantitative estimate of drug-likeness (QED) is 0.887. The third kappa shape index (κ3) is 3.53. The van der Waals surface area contributed by atoms with Gasteiger partial charge in [0.05, 0.1) is 16.9 Å². The number of rotatable bonds is 5. The molecule has 2 heterocycles. The number of amides is 1. The van der Waals surface area contributed by atoms with Crippen molar-refractivity contribution >= 4 is 17.4 Å². The lowest BCUT2D eigenvalue weighted by molar-refractivity contribution is 0.102. The van der Waals surface area contributed by atoms with E-state index >= 15 is 0 Å². The molecular formula is C15H17FN4O. The molecular weight excluding hydrogens is 271 g/mol. The van der Waals surface area contributed by atoms with Crippen molar-refractivity contribution in [3.05, 3.63) is 47.7 Å². The van der Waals surface area contributed by atoms with E-state index in [1.165, 1.54) is 12.3 Å². The molecule has 0 aromatic carbocycles. The lowest BCUT2D eigenvalue weighted by Crippen LogP contribution is -2.16. The van der Waals surface area contributed by atoms with Crippen LogP contribution in [0.25, 0.3) is 0 Å². The normalized spacial score (nSPS) is 10.2. The third-order valence-electron chi connectivity index (χ3n) is 2.93. The Balaban J connectivity index is 2.21. The zero-order chi connectivity index (χ0) is 15.2. The highest BCUT2D eigenvalue weighted by Crippen LogP contribution is 2.18. The Bertz CT molecular complexity index is 645. The van der Waals surface area contributed by atoms with Crippen molar-refractivity contribution < 1.29 is 9.18 Å². The SMILES string of the molecule is CCCNc1nccc(C(=O)Nc2cccnc2C)c1F. The molecule has 0 bridgehead atoms. The van der Waals surface area contributed by atoms with E-state index in [9.17, 15) is 9.18 Å². The van der Waals surface area contributed by atoms with E-state index in [-0.39, 0.29) is 11.4 Å². The summed E-state index contributed by atoms with van der Waals surface area (Å²) in [5.74, 6) is -1.08. The van der Waals surface area contributed by atoms with Crippen LogP contribution >= 0.6 is 0 Å². The molecule has 2 rings (SSSR count). The standard InChI is InChI=1S/C15H17FN4O/c1-3-7-18-14-13(16)11(6-9-19-14)15(21)20-12-5-4-8-17-10(12)2/h4-6,8-9H,3,7H2,1-2H3,(H,18,19)(H,20,21). The van der Waals surface area contributed by atoms with E-state index in [0.29, 0.717) is 17.9 Å². The number of carbonyl (C=O) groups is 1. The molecule has 5 nitrogen and oxygen atoms in total. The van der Waals surface area contributed by atoms with E-state index < -0.39 is 11.7 Å². The number of anilines is 2. The van der Waals surface area contributed by atoms with Gasteiger partial charge in [0.25, 0.3) is 5.91 Å². The highest BCUT2D eigenvalue weighted by Gasteiger charge is 2.16. The molecule has 0 spiro atoms. The molecule has 2 aromatic rings. The van der Waals surface area contributed by atoms with Gasteiger partial charge in [0.15, 0.2) is 11.6 Å². The average Bonchev–Trinajstić information content (AvgIpc) is 2.48. The Hall–Kier alpha value is -2.50. The fourth-order valence-electron chi connectivity index (χ4n) is 1.79. The predicted molar refractivity (Wildman–Crippen MR) is 79.9 cm³/mol. The fraction of sp³-hybridized carbons (Fsp3) is 0.267. The summed E-state index contributed by atoms with van der Waals surface area (Å²) in [5.41, 5.74) is 1.18. The lowest BCUT2D eigenvalue weighted by atomic mass is 10.2. The Morgan fingerprint density at radius 2 is 2.10 bits per heavy atom. The smallest absolute Gasteiger partial charge is 0.258 e. The second-order valence-corrected chi connectivity index (χ2v) is 4.54. The van der Waals surface area contributed by atoms with Crippen molar-refractivity contribution in [2.45, 2.75) is 20.3 Å². The maximum atomic E-state index is 14.2. The molecule has 0 fully saturated rings. The summed E-state index contributed by atoms with van der Waals surface area (Å²) in [4.78, 5) is 20.2. The molecule has 0 unspecified atom stereocenters. The zero-order valence-corrected chi connectivity index (χ0v) is 12.0. The van der Waals surface area contributed by atoms with Crippen molar-refractivity contribution in [2.75, 3.05) is 17.2 Å². The first-order valence-corrected chi connectivity index (χ1v) is 6.74. The van der Waals surface area contributed by atoms with E-state index in [0.717, 1.165) is 6.42 Å². The first-order chi connectivity index (χ1) is 10.1. The van der Waals surface area contributed by atoms with Gasteiger partial charge in [0.1, 0.15) is 0 Å². The van der Waals surface area contributed by atoms with Crippen molar-refractivity contribution in [1.29, 1.82) is 0 Å². The molecule has 0 radical (unpaired) electrons. The summed E-state index contributed by atoms with van der Waals surface area (Å²) in [7, 11) is 0. The number of halogens is 1. The Kier molecular flexibility index (Phi) is 4.81. The maximum Gasteiger partial charge on any atom is 0.258 e. The van der Waals surface area contributed by atoms with Crippen LogP contribution in [0.2, 0.25) is 0 Å². The molecule has 21 heavy (non-hydrogen) atoms. The van der Waals surface area contributed by atoms with E-state index in [1.807, 2.05) is 6.92 Å². The maximum absolute atomic E-state index is 14.2. The summed E-state index contributed by atoms with van der Waals surface area (Å²) in [6, 6.07) is 4.78. The monoisotopic (exact) mass is 288 g/mol. The predicted octanol–water partition coefficient (Wildman–Crippen LogP) is 3.00. The minimum absolute atomic E-state index is 0.0492. The fourth-order valence-corrected chi connectivity index (χ4v) is 1.79. The van der Waals surface area contributed by atoms with Gasteiger partial charge in [-0.1, -0.05) is 6.92 Å². The molecule has 0 saturated carbocycles. The number of pyridine rings is 2. The molecule has 0 atom stereocenters. The molecule has 110 valence electrons. The van der Waals surface area contributed by atoms with Gasteiger partial charge in [-0.15, -0.1) is 0 Å². The van der Waals surface area contributed by atoms with Crippen molar-refractivity contribution in [2.24, 2.45) is 0 Å². The Labute approximate surface area is 122 Å². The number of aryl methyl sites for hydroxylation is 1. The molecule has 6 heteroatoms. The van der Waals surface area contributed by atoms with Crippen LogP contribution in [0.4, 0.5) is 15.9 Å². The number of aromatic nitrogens is 2. The average molecular weight is 288 g/mol. The topological polar surface area (TPSA) is 66.9 Å². The van der Waals surface area contributed by atoms with Gasteiger partial charge in [0.2, 0.25) is 0 Å². The lowest BCUT2D eigenvalue weighted by Gasteiger charge is -2.10. The van der Waals surface area contributed by atoms with Gasteiger partial charge in [-0.25, -0.2) is 9.37 Å². The summed E-state index contributed by atoms with van der Waals surface area (Å²) >= 11 is 0. The van der Waals surface area contributed by atoms with Crippen LogP contribution in [0, 0.1) is 12.7 Å². The summed E-state index contributed by atoms with van der Waals surface area (Å²) < 4.78 is 14.2. The third-order valence-corrected chi connectivity index (χ3v) is 2.93. The number of nitrogens with zero attached hydrogens (tertiary/aromatic N) is 2. The first kappa shape index (κ1) is 14.9. The molecule has 0 aliphatic rings. The highest BCUT2D eigenvalue weighted by molar-refractivity contribution is 6.05. The molecule has 0 saturated heterocycles. The summed E-state index contributed by atoms with van der Waals surface area (Å²) in [5, 5.41) is 5.51. The van der Waals surface area contributed by atoms with Gasteiger partial charge < -0.3 is 10.6 Å². The number of hydrogen-bond acceptors (Lipinski definition) is 4. The Morgan fingerprint density at radius 1 is 1.29 bits per heavy atom. The van der Waals surface area contributed by atoms with Crippen LogP contribution in [0.5, 0.6) is 0 Å². The zero-order valence-electron chi connectivity index (χ0n) is 12.0. The molecule has 0 aliphatic carbocycles. The second-order valence-electron chi connectivity index (χ2n) is 4.54. The second kappa shape index (κ2) is 6.78. The number of hydrogen-bond donors (Lipinski definition) is 2. The van der Waals surface area contributed by atoms with E-state index in [1.54, 1.807) is 25.3 Å². The molecule has 2 aromatic heterocycles. The van der Waals surface area contributed by atoms with E-state index in [4.69, 9.17) is 0 Å². The van der Waals surface area contributed by atoms with Gasteiger partial charge in [0, 0.05) is 18.9 Å². The van der Waals surface area contributed by atoms with Crippen molar-refractivity contribution in [3.63, 3.8) is 0 Å². The van der Waals surface area contributed by atoms with Crippen molar-refractivity contribution in [3.8, 4) is 0 Å². The molecule has 0 aliphatic heterocycles. The van der Waals surface area contributed by atoms with Gasteiger partial charge in [-0.05, 0) is 31.5 Å². The van der Waals surface area contributed by atoms with Crippen LogP contribution in [0.15, 0.2) is 30.6 Å². The van der Waals surface area contributed by atoms with Crippen LogP contribution in [0.1, 0.15) is 29.4 Å². The first-order valence-electron chi connectivity index (χ1n) is 6.74. The van der Waals surface area contributed by atoms with Crippen LogP contribution in [0.3, 0.4) is 0 Å².